The molecule has 0 saturated carbocycles. The van der Waals surface area contributed by atoms with Crippen molar-refractivity contribution < 1.29 is 9.26 Å². The van der Waals surface area contributed by atoms with Crippen LogP contribution in [0.1, 0.15) is 18.9 Å². The molecule has 3 heterocycles. The van der Waals surface area contributed by atoms with Gasteiger partial charge in [0.05, 0.1) is 22.6 Å². The topological polar surface area (TPSA) is 98.9 Å². The van der Waals surface area contributed by atoms with Crippen LogP contribution in [0.4, 0.5) is 5.82 Å². The van der Waals surface area contributed by atoms with Crippen LogP contribution in [-0.4, -0.2) is 32.1 Å². The van der Waals surface area contributed by atoms with Gasteiger partial charge in [-0.2, -0.15) is 4.98 Å². The number of aromatic nitrogens is 5. The zero-order chi connectivity index (χ0) is 21.2. The van der Waals surface area contributed by atoms with Crippen molar-refractivity contribution >= 4 is 27.4 Å². The first-order chi connectivity index (χ1) is 15.2. The van der Waals surface area contributed by atoms with E-state index in [4.69, 9.17) is 14.2 Å². The van der Waals surface area contributed by atoms with Crippen LogP contribution in [0.15, 0.2) is 65.4 Å². The number of hydrogen-bond donors (Lipinski definition) is 1. The standard InChI is InChI=1S/C22H18N6O2S/c1-13(21-27-20(28-30-21)17-11-25-19(23-2)12-24-17)29-15-9-7-14(8-10-15)22-26-16-5-3-4-6-18(16)31-22/h3-13H,1-2H3,(H,23,25). The largest absolute Gasteiger partial charge is 0.481 e. The maximum absolute atomic E-state index is 5.98. The Labute approximate surface area is 182 Å². The number of rotatable bonds is 6. The van der Waals surface area contributed by atoms with E-state index < -0.39 is 6.10 Å². The number of fused-ring (bicyclic) bond motifs is 1. The number of para-hydroxylation sites is 1. The molecule has 0 radical (unpaired) electrons. The summed E-state index contributed by atoms with van der Waals surface area (Å²) >= 11 is 1.67. The summed E-state index contributed by atoms with van der Waals surface area (Å²) in [5.74, 6) is 2.10. The Morgan fingerprint density at radius 2 is 1.84 bits per heavy atom. The summed E-state index contributed by atoms with van der Waals surface area (Å²) in [6.45, 7) is 1.86. The number of thiazole rings is 1. The van der Waals surface area contributed by atoms with E-state index in [1.807, 2.05) is 49.4 Å². The molecule has 0 aliphatic heterocycles. The van der Waals surface area contributed by atoms with E-state index in [-0.39, 0.29) is 0 Å². The van der Waals surface area contributed by atoms with E-state index in [0.29, 0.717) is 29.0 Å². The third kappa shape index (κ3) is 3.95. The van der Waals surface area contributed by atoms with Crippen LogP contribution in [0.3, 0.4) is 0 Å². The first kappa shape index (κ1) is 19.1. The molecule has 0 fully saturated rings. The first-order valence-electron chi connectivity index (χ1n) is 9.66. The minimum Gasteiger partial charge on any atom is -0.481 e. The molecular formula is C22H18N6O2S. The Hall–Kier alpha value is -3.85. The monoisotopic (exact) mass is 430 g/mol. The molecule has 0 bridgehead atoms. The van der Waals surface area contributed by atoms with Gasteiger partial charge in [0, 0.05) is 12.6 Å². The highest BCUT2D eigenvalue weighted by molar-refractivity contribution is 7.21. The zero-order valence-corrected chi connectivity index (χ0v) is 17.6. The lowest BCUT2D eigenvalue weighted by molar-refractivity contribution is 0.176. The molecule has 5 aromatic rings. The van der Waals surface area contributed by atoms with E-state index in [1.165, 1.54) is 4.70 Å². The average Bonchev–Trinajstić information content (AvgIpc) is 3.47. The van der Waals surface area contributed by atoms with Gasteiger partial charge >= 0.3 is 0 Å². The molecule has 8 nitrogen and oxygen atoms in total. The first-order valence-corrected chi connectivity index (χ1v) is 10.5. The molecule has 0 saturated heterocycles. The Bertz CT molecular complexity index is 1280. The summed E-state index contributed by atoms with van der Waals surface area (Å²) in [5.41, 5.74) is 2.58. The molecule has 0 amide bonds. The van der Waals surface area contributed by atoms with Crippen LogP contribution in [0.2, 0.25) is 0 Å². The van der Waals surface area contributed by atoms with Gasteiger partial charge in [-0.3, -0.25) is 0 Å². The summed E-state index contributed by atoms with van der Waals surface area (Å²) in [6, 6.07) is 15.9. The van der Waals surface area contributed by atoms with Gasteiger partial charge in [-0.05, 0) is 43.3 Å². The number of anilines is 1. The van der Waals surface area contributed by atoms with Gasteiger partial charge < -0.3 is 14.6 Å². The van der Waals surface area contributed by atoms with Crippen LogP contribution < -0.4 is 10.1 Å². The Kier molecular flexibility index (Phi) is 5.01. The van der Waals surface area contributed by atoms with E-state index in [9.17, 15) is 0 Å². The molecule has 1 unspecified atom stereocenters. The molecule has 3 aromatic heterocycles. The van der Waals surface area contributed by atoms with E-state index in [1.54, 1.807) is 30.8 Å². The van der Waals surface area contributed by atoms with Gasteiger partial charge in [-0.1, -0.05) is 17.3 Å². The highest BCUT2D eigenvalue weighted by Crippen LogP contribution is 2.31. The number of hydrogen-bond acceptors (Lipinski definition) is 9. The highest BCUT2D eigenvalue weighted by atomic mass is 32.1. The van der Waals surface area contributed by atoms with Crippen molar-refractivity contribution in [3.05, 3.63) is 66.8 Å². The Morgan fingerprint density at radius 3 is 2.58 bits per heavy atom. The van der Waals surface area contributed by atoms with Gasteiger partial charge in [0.2, 0.25) is 5.82 Å². The summed E-state index contributed by atoms with van der Waals surface area (Å²) in [7, 11) is 1.78. The van der Waals surface area contributed by atoms with Crippen molar-refractivity contribution in [2.45, 2.75) is 13.0 Å². The van der Waals surface area contributed by atoms with Crippen LogP contribution in [0.25, 0.3) is 32.3 Å². The van der Waals surface area contributed by atoms with Crippen LogP contribution >= 0.6 is 11.3 Å². The highest BCUT2D eigenvalue weighted by Gasteiger charge is 2.18. The van der Waals surface area contributed by atoms with E-state index in [0.717, 1.165) is 16.1 Å². The lowest BCUT2D eigenvalue weighted by Gasteiger charge is -2.10. The average molecular weight is 430 g/mol. The quantitative estimate of drug-likeness (QED) is 0.402. The van der Waals surface area contributed by atoms with E-state index >= 15 is 0 Å². The summed E-state index contributed by atoms with van der Waals surface area (Å²) in [5, 5.41) is 7.88. The molecule has 0 aliphatic rings. The molecule has 154 valence electrons. The van der Waals surface area contributed by atoms with Crippen molar-refractivity contribution in [2.75, 3.05) is 12.4 Å². The van der Waals surface area contributed by atoms with Crippen molar-refractivity contribution in [3.8, 4) is 27.8 Å². The normalized spacial score (nSPS) is 12.1. The lowest BCUT2D eigenvalue weighted by Crippen LogP contribution is -2.03. The second-order valence-corrected chi connectivity index (χ2v) is 7.79. The Balaban J connectivity index is 1.29. The third-order valence-electron chi connectivity index (χ3n) is 4.63. The van der Waals surface area contributed by atoms with Crippen LogP contribution in [0, 0.1) is 0 Å². The fraction of sp³-hybridized carbons (Fsp3) is 0.136. The number of ether oxygens (including phenoxy) is 1. The third-order valence-corrected chi connectivity index (χ3v) is 5.72. The maximum atomic E-state index is 5.98. The molecule has 1 atom stereocenters. The van der Waals surface area contributed by atoms with Crippen molar-refractivity contribution in [1.29, 1.82) is 0 Å². The summed E-state index contributed by atoms with van der Waals surface area (Å²) in [6.07, 6.45) is 2.78. The van der Waals surface area contributed by atoms with Gasteiger partial charge in [0.1, 0.15) is 22.3 Å². The molecule has 9 heteroatoms. The second kappa shape index (κ2) is 8.11. The number of nitrogens with one attached hydrogen (secondary N) is 1. The second-order valence-electron chi connectivity index (χ2n) is 6.76. The summed E-state index contributed by atoms with van der Waals surface area (Å²) in [4.78, 5) is 17.6. The molecule has 5 rings (SSSR count). The molecule has 0 spiro atoms. The predicted octanol–water partition coefficient (Wildman–Crippen LogP) is 4.99. The molecule has 31 heavy (non-hydrogen) atoms. The van der Waals surface area contributed by atoms with Gasteiger partial charge in [0.15, 0.2) is 6.10 Å². The predicted molar refractivity (Wildman–Crippen MR) is 119 cm³/mol. The van der Waals surface area contributed by atoms with Crippen molar-refractivity contribution in [3.63, 3.8) is 0 Å². The number of benzene rings is 2. The van der Waals surface area contributed by atoms with E-state index in [2.05, 4.69) is 31.5 Å². The smallest absolute Gasteiger partial charge is 0.267 e. The van der Waals surface area contributed by atoms with Crippen LogP contribution in [-0.2, 0) is 0 Å². The summed E-state index contributed by atoms with van der Waals surface area (Å²) < 4.78 is 12.5. The molecule has 0 aliphatic carbocycles. The van der Waals surface area contributed by atoms with Crippen molar-refractivity contribution in [2.24, 2.45) is 0 Å². The molecular weight excluding hydrogens is 412 g/mol. The minimum absolute atomic E-state index is 0.366. The van der Waals surface area contributed by atoms with Crippen molar-refractivity contribution in [1.82, 2.24) is 25.1 Å². The van der Waals surface area contributed by atoms with Gasteiger partial charge in [0.25, 0.3) is 5.89 Å². The van der Waals surface area contributed by atoms with Gasteiger partial charge in [-0.25, -0.2) is 15.0 Å². The fourth-order valence-corrected chi connectivity index (χ4v) is 3.97. The fourth-order valence-electron chi connectivity index (χ4n) is 3.00. The minimum atomic E-state index is -0.418. The van der Waals surface area contributed by atoms with Gasteiger partial charge in [-0.15, -0.1) is 11.3 Å². The van der Waals surface area contributed by atoms with Crippen LogP contribution in [0.5, 0.6) is 5.75 Å². The zero-order valence-electron chi connectivity index (χ0n) is 16.8. The Morgan fingerprint density at radius 1 is 1.00 bits per heavy atom. The molecule has 1 N–H and O–H groups in total. The number of nitrogens with zero attached hydrogens (tertiary/aromatic N) is 5. The molecule has 2 aromatic carbocycles. The SMILES string of the molecule is CNc1cnc(-c2noc(C(C)Oc3ccc(-c4nc5ccccc5s4)cc3)n2)cn1. The maximum Gasteiger partial charge on any atom is 0.267 e. The lowest BCUT2D eigenvalue weighted by atomic mass is 10.2.